The van der Waals surface area contributed by atoms with Crippen molar-refractivity contribution in [2.75, 3.05) is 5.32 Å². The van der Waals surface area contributed by atoms with Crippen LogP contribution in [0.2, 0.25) is 0 Å². The van der Waals surface area contributed by atoms with Crippen molar-refractivity contribution in [2.45, 2.75) is 46.1 Å². The highest BCUT2D eigenvalue weighted by molar-refractivity contribution is 9.10. The maximum Gasteiger partial charge on any atom is 0.147 e. The Balaban J connectivity index is 2.15. The fraction of sp³-hybridized carbons (Fsp3) is 0.600. The summed E-state index contributed by atoms with van der Waals surface area (Å²) in [6.07, 6.45) is 3.16. The fourth-order valence-electron chi connectivity index (χ4n) is 3.31. The van der Waals surface area contributed by atoms with Gasteiger partial charge in [-0.1, -0.05) is 20.8 Å². The summed E-state index contributed by atoms with van der Waals surface area (Å²) in [5.74, 6) is -0.249. The van der Waals surface area contributed by atoms with Crippen LogP contribution in [0.4, 0.5) is 14.5 Å². The Labute approximate surface area is 121 Å². The van der Waals surface area contributed by atoms with Gasteiger partial charge in [-0.25, -0.2) is 8.78 Å². The summed E-state index contributed by atoms with van der Waals surface area (Å²) in [6, 6.07) is 2.61. The van der Waals surface area contributed by atoms with Crippen molar-refractivity contribution in [3.8, 4) is 0 Å². The van der Waals surface area contributed by atoms with Crippen molar-refractivity contribution < 1.29 is 8.78 Å². The highest BCUT2D eigenvalue weighted by Gasteiger charge is 2.32. The van der Waals surface area contributed by atoms with E-state index in [4.69, 9.17) is 0 Å². The lowest BCUT2D eigenvalue weighted by molar-refractivity contribution is 0.177. The van der Waals surface area contributed by atoms with Crippen LogP contribution in [0.5, 0.6) is 0 Å². The number of nitrogens with one attached hydrogen (secondary N) is 1. The number of hydrogen-bond donors (Lipinski definition) is 1. The van der Waals surface area contributed by atoms with E-state index in [0.717, 1.165) is 12.8 Å². The van der Waals surface area contributed by atoms with Gasteiger partial charge in [0.15, 0.2) is 0 Å². The molecule has 0 bridgehead atoms. The molecule has 1 aromatic carbocycles. The Morgan fingerprint density at radius 3 is 2.53 bits per heavy atom. The van der Waals surface area contributed by atoms with Gasteiger partial charge in [0.05, 0.1) is 10.2 Å². The van der Waals surface area contributed by atoms with Crippen LogP contribution < -0.4 is 5.32 Å². The molecule has 0 spiro atoms. The summed E-state index contributed by atoms with van der Waals surface area (Å²) in [7, 11) is 0. The van der Waals surface area contributed by atoms with Crippen LogP contribution in [0, 0.1) is 23.0 Å². The van der Waals surface area contributed by atoms with Crippen molar-refractivity contribution >= 4 is 21.6 Å². The summed E-state index contributed by atoms with van der Waals surface area (Å²) in [5.41, 5.74) is 0.510. The van der Waals surface area contributed by atoms with E-state index in [1.165, 1.54) is 18.6 Å². The molecule has 0 radical (unpaired) electrons. The Bertz CT molecular complexity index is 473. The van der Waals surface area contributed by atoms with Crippen molar-refractivity contribution in [1.82, 2.24) is 0 Å². The quantitative estimate of drug-likeness (QED) is 0.720. The highest BCUT2D eigenvalue weighted by Crippen LogP contribution is 2.39. The molecular weight excluding hydrogens is 312 g/mol. The van der Waals surface area contributed by atoms with Crippen molar-refractivity contribution in [3.05, 3.63) is 28.2 Å². The van der Waals surface area contributed by atoms with Crippen LogP contribution in [-0.2, 0) is 0 Å². The number of halogens is 3. The van der Waals surface area contributed by atoms with E-state index in [9.17, 15) is 8.78 Å². The zero-order valence-corrected chi connectivity index (χ0v) is 13.2. The topological polar surface area (TPSA) is 12.0 Å². The van der Waals surface area contributed by atoms with Gasteiger partial charge in [-0.3, -0.25) is 0 Å². The molecule has 1 saturated carbocycles. The van der Waals surface area contributed by atoms with E-state index in [0.29, 0.717) is 5.92 Å². The predicted octanol–water partition coefficient (Wildman–Crippen LogP) is 5.35. The maximum absolute atomic E-state index is 13.8. The van der Waals surface area contributed by atoms with E-state index in [1.54, 1.807) is 0 Å². The molecule has 2 rings (SSSR count). The summed E-state index contributed by atoms with van der Waals surface area (Å²) in [4.78, 5) is 0. The molecule has 1 nitrogen and oxygen atoms in total. The van der Waals surface area contributed by atoms with Gasteiger partial charge in [0.25, 0.3) is 0 Å². The minimum atomic E-state index is -0.438. The highest BCUT2D eigenvalue weighted by atomic mass is 79.9. The van der Waals surface area contributed by atoms with Crippen LogP contribution >= 0.6 is 15.9 Å². The Morgan fingerprint density at radius 1 is 1.21 bits per heavy atom. The van der Waals surface area contributed by atoms with Gasteiger partial charge in [-0.05, 0) is 52.6 Å². The van der Waals surface area contributed by atoms with Gasteiger partial charge in [0.1, 0.15) is 11.6 Å². The van der Waals surface area contributed by atoms with Gasteiger partial charge >= 0.3 is 0 Å². The van der Waals surface area contributed by atoms with E-state index in [1.807, 2.05) is 0 Å². The number of rotatable bonds is 2. The van der Waals surface area contributed by atoms with Gasteiger partial charge < -0.3 is 5.32 Å². The number of anilines is 1. The third kappa shape index (κ3) is 3.68. The predicted molar refractivity (Wildman–Crippen MR) is 78.3 cm³/mol. The molecule has 0 heterocycles. The zero-order valence-electron chi connectivity index (χ0n) is 11.6. The first kappa shape index (κ1) is 14.8. The molecule has 1 aromatic rings. The second kappa shape index (κ2) is 5.39. The SMILES string of the molecule is CC1CC(Nc2cc(F)c(Br)cc2F)CC(C)(C)C1. The van der Waals surface area contributed by atoms with Crippen LogP contribution in [0.1, 0.15) is 40.0 Å². The van der Waals surface area contributed by atoms with Gasteiger partial charge in [-0.15, -0.1) is 0 Å². The first-order chi connectivity index (χ1) is 8.77. The maximum atomic E-state index is 13.8. The molecule has 1 N–H and O–H groups in total. The normalized spacial score (nSPS) is 26.2. The Morgan fingerprint density at radius 2 is 1.89 bits per heavy atom. The summed E-state index contributed by atoms with van der Waals surface area (Å²) in [5, 5.41) is 3.17. The Hall–Kier alpha value is -0.640. The van der Waals surface area contributed by atoms with E-state index in [-0.39, 0.29) is 21.6 Å². The van der Waals surface area contributed by atoms with Crippen molar-refractivity contribution in [2.24, 2.45) is 11.3 Å². The van der Waals surface area contributed by atoms with Crippen molar-refractivity contribution in [1.29, 1.82) is 0 Å². The van der Waals surface area contributed by atoms with E-state index in [2.05, 4.69) is 42.0 Å². The van der Waals surface area contributed by atoms with Gasteiger partial charge in [-0.2, -0.15) is 0 Å². The van der Waals surface area contributed by atoms with Crippen molar-refractivity contribution in [3.63, 3.8) is 0 Å². The van der Waals surface area contributed by atoms with Crippen LogP contribution in [-0.4, -0.2) is 6.04 Å². The lowest BCUT2D eigenvalue weighted by atomic mass is 9.70. The van der Waals surface area contributed by atoms with Gasteiger partial charge in [0, 0.05) is 12.1 Å². The number of benzene rings is 1. The second-order valence-corrected chi connectivity index (χ2v) is 7.36. The first-order valence-electron chi connectivity index (χ1n) is 6.68. The molecular formula is C15H20BrF2N. The molecule has 0 saturated heterocycles. The average molecular weight is 332 g/mol. The molecule has 0 amide bonds. The van der Waals surface area contributed by atoms with Crippen LogP contribution in [0.15, 0.2) is 16.6 Å². The molecule has 1 aliphatic carbocycles. The molecule has 2 atom stereocenters. The lowest BCUT2D eigenvalue weighted by Gasteiger charge is -2.39. The summed E-state index contributed by atoms with van der Waals surface area (Å²) >= 11 is 2.99. The fourth-order valence-corrected chi connectivity index (χ4v) is 3.62. The Kier molecular flexibility index (Phi) is 4.19. The molecule has 106 valence electrons. The monoisotopic (exact) mass is 331 g/mol. The number of hydrogen-bond acceptors (Lipinski definition) is 1. The summed E-state index contributed by atoms with van der Waals surface area (Å²) < 4.78 is 27.5. The molecule has 2 unspecified atom stereocenters. The lowest BCUT2D eigenvalue weighted by Crippen LogP contribution is -2.35. The molecule has 0 aromatic heterocycles. The molecule has 1 aliphatic rings. The minimum Gasteiger partial charge on any atom is -0.380 e. The zero-order chi connectivity index (χ0) is 14.2. The third-order valence-electron chi connectivity index (χ3n) is 3.76. The van der Waals surface area contributed by atoms with Gasteiger partial charge in [0.2, 0.25) is 0 Å². The molecule has 19 heavy (non-hydrogen) atoms. The smallest absolute Gasteiger partial charge is 0.147 e. The second-order valence-electron chi connectivity index (χ2n) is 6.50. The van der Waals surface area contributed by atoms with Crippen LogP contribution in [0.3, 0.4) is 0 Å². The first-order valence-corrected chi connectivity index (χ1v) is 7.47. The largest absolute Gasteiger partial charge is 0.380 e. The standard InChI is InChI=1S/C15H20BrF2N/c1-9-4-10(8-15(2,3)7-9)19-14-6-12(17)11(16)5-13(14)18/h5-6,9-10,19H,4,7-8H2,1-3H3. The molecule has 4 heteroatoms. The average Bonchev–Trinajstić information content (AvgIpc) is 2.22. The minimum absolute atomic E-state index is 0.160. The van der Waals surface area contributed by atoms with Crippen LogP contribution in [0.25, 0.3) is 0 Å². The third-order valence-corrected chi connectivity index (χ3v) is 4.36. The molecule has 1 fully saturated rings. The van der Waals surface area contributed by atoms with E-state index < -0.39 is 11.6 Å². The summed E-state index contributed by atoms with van der Waals surface area (Å²) in [6.45, 7) is 6.68. The molecule has 0 aliphatic heterocycles. The van der Waals surface area contributed by atoms with E-state index >= 15 is 0 Å².